The molecular weight excluding hydrogens is 392 g/mol. The van der Waals surface area contributed by atoms with Gasteiger partial charge in [-0.3, -0.25) is 9.59 Å². The summed E-state index contributed by atoms with van der Waals surface area (Å²) in [5, 5.41) is 3.56. The van der Waals surface area contributed by atoms with Gasteiger partial charge >= 0.3 is 5.97 Å². The number of benzene rings is 1. The summed E-state index contributed by atoms with van der Waals surface area (Å²) < 4.78 is 7.67. The van der Waals surface area contributed by atoms with E-state index in [0.717, 1.165) is 37.8 Å². The zero-order valence-corrected chi connectivity index (χ0v) is 17.8. The van der Waals surface area contributed by atoms with Gasteiger partial charge in [-0.1, -0.05) is 31.0 Å². The highest BCUT2D eigenvalue weighted by Crippen LogP contribution is 2.44. The van der Waals surface area contributed by atoms with Crippen LogP contribution in [0.2, 0.25) is 0 Å². The highest BCUT2D eigenvalue weighted by atomic mass is 16.6. The molecule has 1 unspecified atom stereocenters. The maximum Gasteiger partial charge on any atom is 0.312 e. The Kier molecular flexibility index (Phi) is 5.20. The number of carbonyl (C=O) groups excluding carboxylic acids is 2. The van der Waals surface area contributed by atoms with Crippen LogP contribution in [0, 0.1) is 5.41 Å². The zero-order chi connectivity index (χ0) is 21.3. The van der Waals surface area contributed by atoms with Gasteiger partial charge in [0, 0.05) is 37.6 Å². The van der Waals surface area contributed by atoms with Crippen LogP contribution < -0.4 is 5.32 Å². The second-order valence-corrected chi connectivity index (χ2v) is 9.34. The molecule has 0 bridgehead atoms. The number of carbonyl (C=O) groups is 2. The standard InChI is InChI=1S/C24H30N4O3/c29-21(24(8-4-5-9-24)26-19-6-2-1-3-7-19)28-13-10-23(11-14-28)16-20(31-22(23)30)17-27-15-12-25-18-27/h1-3,6-7,12,15,18,20,26H,4-5,8-11,13-14,16-17H2. The number of rotatable bonds is 5. The number of hydrogen-bond acceptors (Lipinski definition) is 5. The summed E-state index contributed by atoms with van der Waals surface area (Å²) in [6.07, 6.45) is 11.2. The third-order valence-corrected chi connectivity index (χ3v) is 7.33. The van der Waals surface area contributed by atoms with Crippen LogP contribution in [0.5, 0.6) is 0 Å². The molecule has 3 fully saturated rings. The molecule has 1 amide bonds. The summed E-state index contributed by atoms with van der Waals surface area (Å²) in [7, 11) is 0. The molecule has 1 atom stereocenters. The van der Waals surface area contributed by atoms with Crippen molar-refractivity contribution in [3.05, 3.63) is 49.1 Å². The molecule has 0 radical (unpaired) electrons. The summed E-state index contributed by atoms with van der Waals surface area (Å²) >= 11 is 0. The number of esters is 1. The molecule has 164 valence electrons. The van der Waals surface area contributed by atoms with Gasteiger partial charge < -0.3 is 19.5 Å². The first-order valence-corrected chi connectivity index (χ1v) is 11.4. The number of nitrogens with one attached hydrogen (secondary N) is 1. The first-order valence-electron chi connectivity index (χ1n) is 11.4. The number of imidazole rings is 1. The number of nitrogens with zero attached hydrogens (tertiary/aromatic N) is 3. The molecule has 7 heteroatoms. The Hall–Kier alpha value is -2.83. The Labute approximate surface area is 182 Å². The summed E-state index contributed by atoms with van der Waals surface area (Å²) in [5.74, 6) is 0.0905. The van der Waals surface area contributed by atoms with Gasteiger partial charge in [0.2, 0.25) is 5.91 Å². The van der Waals surface area contributed by atoms with E-state index in [9.17, 15) is 9.59 Å². The average molecular weight is 423 g/mol. The third-order valence-electron chi connectivity index (χ3n) is 7.33. The quantitative estimate of drug-likeness (QED) is 0.749. The minimum atomic E-state index is -0.522. The number of hydrogen-bond donors (Lipinski definition) is 1. The van der Waals surface area contributed by atoms with Gasteiger partial charge in [0.25, 0.3) is 0 Å². The van der Waals surface area contributed by atoms with Crippen LogP contribution in [0.3, 0.4) is 0 Å². The van der Waals surface area contributed by atoms with Crippen molar-refractivity contribution in [2.45, 2.75) is 63.1 Å². The number of cyclic esters (lactones) is 1. The summed E-state index contributed by atoms with van der Waals surface area (Å²) in [6, 6.07) is 10.0. The zero-order valence-electron chi connectivity index (χ0n) is 17.8. The van der Waals surface area contributed by atoms with E-state index in [0.29, 0.717) is 32.5 Å². The van der Waals surface area contributed by atoms with Gasteiger partial charge in [0.1, 0.15) is 11.6 Å². The van der Waals surface area contributed by atoms with Crippen LogP contribution in [-0.4, -0.2) is 51.1 Å². The fourth-order valence-corrected chi connectivity index (χ4v) is 5.59. The molecule has 2 aliphatic heterocycles. The number of aromatic nitrogens is 2. The topological polar surface area (TPSA) is 76.5 Å². The summed E-state index contributed by atoms with van der Waals surface area (Å²) in [5.41, 5.74) is 0.0249. The Morgan fingerprint density at radius 2 is 1.87 bits per heavy atom. The van der Waals surface area contributed by atoms with Crippen molar-refractivity contribution in [3.63, 3.8) is 0 Å². The Morgan fingerprint density at radius 3 is 2.55 bits per heavy atom. The van der Waals surface area contributed by atoms with E-state index in [4.69, 9.17) is 4.74 Å². The Bertz CT molecular complexity index is 914. The minimum Gasteiger partial charge on any atom is -0.460 e. The number of likely N-dealkylation sites (tertiary alicyclic amines) is 1. The highest BCUT2D eigenvalue weighted by molar-refractivity contribution is 5.90. The lowest BCUT2D eigenvalue weighted by atomic mass is 9.75. The van der Waals surface area contributed by atoms with E-state index in [-0.39, 0.29) is 18.0 Å². The first kappa shape index (κ1) is 20.1. The lowest BCUT2D eigenvalue weighted by molar-refractivity contribution is -0.153. The van der Waals surface area contributed by atoms with Crippen molar-refractivity contribution < 1.29 is 14.3 Å². The van der Waals surface area contributed by atoms with Gasteiger partial charge in [-0.2, -0.15) is 0 Å². The third kappa shape index (κ3) is 3.82. The van der Waals surface area contributed by atoms with E-state index in [1.54, 1.807) is 12.5 Å². The molecule has 5 rings (SSSR count). The SMILES string of the molecule is O=C1OC(Cn2ccnc2)CC12CCN(C(=O)C1(Nc3ccccc3)CCCC1)CC2. The molecule has 3 aliphatic rings. The molecule has 1 aromatic carbocycles. The van der Waals surface area contributed by atoms with Crippen molar-refractivity contribution in [2.24, 2.45) is 5.41 Å². The Balaban J connectivity index is 1.24. The van der Waals surface area contributed by atoms with E-state index >= 15 is 0 Å². The van der Waals surface area contributed by atoms with Gasteiger partial charge in [0.05, 0.1) is 18.3 Å². The number of amides is 1. The Morgan fingerprint density at radius 1 is 1.13 bits per heavy atom. The van der Waals surface area contributed by atoms with Gasteiger partial charge in [-0.05, 0) is 37.8 Å². The lowest BCUT2D eigenvalue weighted by Crippen LogP contribution is -2.55. The molecule has 1 N–H and O–H groups in total. The predicted molar refractivity (Wildman–Crippen MR) is 116 cm³/mol. The first-order chi connectivity index (χ1) is 15.1. The molecule has 2 aromatic rings. The molecule has 1 aromatic heterocycles. The monoisotopic (exact) mass is 422 g/mol. The smallest absolute Gasteiger partial charge is 0.312 e. The second kappa shape index (κ2) is 8.02. The van der Waals surface area contributed by atoms with Crippen LogP contribution in [0.25, 0.3) is 0 Å². The van der Waals surface area contributed by atoms with E-state index < -0.39 is 11.0 Å². The van der Waals surface area contributed by atoms with Crippen LogP contribution in [0.15, 0.2) is 49.1 Å². The molecule has 1 aliphatic carbocycles. The number of piperidine rings is 1. The van der Waals surface area contributed by atoms with Crippen molar-refractivity contribution in [2.75, 3.05) is 18.4 Å². The van der Waals surface area contributed by atoms with Crippen LogP contribution in [0.4, 0.5) is 5.69 Å². The van der Waals surface area contributed by atoms with Crippen molar-refractivity contribution >= 4 is 17.6 Å². The molecule has 31 heavy (non-hydrogen) atoms. The molecule has 1 saturated carbocycles. The molecule has 2 saturated heterocycles. The van der Waals surface area contributed by atoms with Crippen LogP contribution in [0.1, 0.15) is 44.9 Å². The van der Waals surface area contributed by atoms with Crippen LogP contribution in [-0.2, 0) is 20.9 Å². The fraction of sp³-hybridized carbons (Fsp3) is 0.542. The maximum absolute atomic E-state index is 13.6. The summed E-state index contributed by atoms with van der Waals surface area (Å²) in [6.45, 7) is 1.87. The van der Waals surface area contributed by atoms with E-state index in [2.05, 4.69) is 10.3 Å². The van der Waals surface area contributed by atoms with Gasteiger partial charge in [-0.15, -0.1) is 0 Å². The fourth-order valence-electron chi connectivity index (χ4n) is 5.59. The van der Waals surface area contributed by atoms with E-state index in [1.165, 1.54) is 0 Å². The molecule has 3 heterocycles. The number of para-hydroxylation sites is 1. The maximum atomic E-state index is 13.6. The van der Waals surface area contributed by atoms with Gasteiger partial charge in [-0.25, -0.2) is 4.98 Å². The predicted octanol–water partition coefficient (Wildman–Crippen LogP) is 3.23. The van der Waals surface area contributed by atoms with Gasteiger partial charge in [0.15, 0.2) is 0 Å². The molecule has 1 spiro atoms. The van der Waals surface area contributed by atoms with Crippen molar-refractivity contribution in [1.29, 1.82) is 0 Å². The minimum absolute atomic E-state index is 0.0947. The number of ether oxygens (including phenoxy) is 1. The lowest BCUT2D eigenvalue weighted by Gasteiger charge is -2.41. The molecular formula is C24H30N4O3. The second-order valence-electron chi connectivity index (χ2n) is 9.34. The van der Waals surface area contributed by atoms with Crippen molar-refractivity contribution in [3.8, 4) is 0 Å². The number of anilines is 1. The highest BCUT2D eigenvalue weighted by Gasteiger charge is 2.52. The summed E-state index contributed by atoms with van der Waals surface area (Å²) in [4.78, 5) is 32.4. The van der Waals surface area contributed by atoms with Crippen molar-refractivity contribution in [1.82, 2.24) is 14.5 Å². The van der Waals surface area contributed by atoms with E-state index in [1.807, 2.05) is 46.0 Å². The van der Waals surface area contributed by atoms with Crippen LogP contribution >= 0.6 is 0 Å². The largest absolute Gasteiger partial charge is 0.460 e. The normalized spacial score (nSPS) is 24.3. The average Bonchev–Trinajstić information content (AvgIpc) is 3.52. The molecule has 7 nitrogen and oxygen atoms in total.